The monoisotopic (exact) mass is 375 g/mol. The fraction of sp³-hybridized carbons (Fsp3) is 0.300. The van der Waals surface area contributed by atoms with Crippen LogP contribution in [0, 0.1) is 0 Å². The average molecular weight is 376 g/mol. The highest BCUT2D eigenvalue weighted by molar-refractivity contribution is 6.42. The van der Waals surface area contributed by atoms with E-state index in [1.807, 2.05) is 36.4 Å². The first-order chi connectivity index (χ1) is 12.0. The molecule has 1 aliphatic rings. The van der Waals surface area contributed by atoms with Gasteiger partial charge in [-0.05, 0) is 47.7 Å². The summed E-state index contributed by atoms with van der Waals surface area (Å²) in [5.41, 5.74) is 3.08. The Balaban J connectivity index is 1.72. The number of benzene rings is 2. The molecule has 1 aliphatic carbocycles. The van der Waals surface area contributed by atoms with Gasteiger partial charge in [0.2, 0.25) is 0 Å². The van der Waals surface area contributed by atoms with Crippen LogP contribution in [0.15, 0.2) is 47.5 Å². The Morgan fingerprint density at radius 2 is 1.84 bits per heavy atom. The topological polar surface area (TPSA) is 38.7 Å². The van der Waals surface area contributed by atoms with E-state index in [9.17, 15) is 4.79 Å². The van der Waals surface area contributed by atoms with Gasteiger partial charge in [-0.2, -0.15) is 0 Å². The number of carbonyl (C=O) groups excluding carboxylic acids is 1. The third-order valence-electron chi connectivity index (χ3n) is 4.41. The van der Waals surface area contributed by atoms with Crippen molar-refractivity contribution in [3.05, 3.63) is 63.6 Å². The van der Waals surface area contributed by atoms with E-state index in [1.165, 1.54) is 0 Å². The number of halogens is 2. The molecular weight excluding hydrogens is 357 g/mol. The van der Waals surface area contributed by atoms with Crippen molar-refractivity contribution < 1.29 is 9.53 Å². The molecular formula is C20H19Cl2NO2. The molecule has 0 heterocycles. The van der Waals surface area contributed by atoms with Crippen LogP contribution in [0.25, 0.3) is 0 Å². The minimum atomic E-state index is 0.180. The average Bonchev–Trinajstić information content (AvgIpc) is 2.62. The molecule has 1 atom stereocenters. The van der Waals surface area contributed by atoms with Gasteiger partial charge in [0.05, 0.1) is 23.7 Å². The molecule has 1 fully saturated rings. The fourth-order valence-electron chi connectivity index (χ4n) is 3.08. The lowest BCUT2D eigenvalue weighted by Gasteiger charge is -2.23. The summed E-state index contributed by atoms with van der Waals surface area (Å²) in [6, 6.07) is 13.4. The van der Waals surface area contributed by atoms with Crippen LogP contribution in [0.2, 0.25) is 10.0 Å². The van der Waals surface area contributed by atoms with Crippen molar-refractivity contribution in [2.75, 3.05) is 7.11 Å². The Kier molecular flexibility index (Phi) is 5.77. The van der Waals surface area contributed by atoms with Gasteiger partial charge in [-0.3, -0.25) is 9.79 Å². The lowest BCUT2D eigenvalue weighted by atomic mass is 9.82. The first kappa shape index (κ1) is 18.0. The molecule has 0 unspecified atom stereocenters. The van der Waals surface area contributed by atoms with Crippen LogP contribution < -0.4 is 4.74 Å². The lowest BCUT2D eigenvalue weighted by molar-refractivity contribution is -0.118. The van der Waals surface area contributed by atoms with Crippen molar-refractivity contribution in [1.29, 1.82) is 0 Å². The summed E-state index contributed by atoms with van der Waals surface area (Å²) in [5, 5.41) is 1.06. The molecule has 130 valence electrons. The van der Waals surface area contributed by atoms with E-state index in [-0.39, 0.29) is 11.7 Å². The fourth-order valence-corrected chi connectivity index (χ4v) is 3.40. The number of Topliss-reactive ketones (excluding diaryl/α,β-unsaturated/α-hetero) is 1. The molecule has 0 aromatic heterocycles. The van der Waals surface area contributed by atoms with E-state index in [0.717, 1.165) is 29.0 Å². The van der Waals surface area contributed by atoms with Crippen molar-refractivity contribution >= 4 is 34.7 Å². The van der Waals surface area contributed by atoms with Crippen LogP contribution in [0.3, 0.4) is 0 Å². The summed E-state index contributed by atoms with van der Waals surface area (Å²) in [4.78, 5) is 16.8. The van der Waals surface area contributed by atoms with E-state index in [4.69, 9.17) is 27.9 Å². The van der Waals surface area contributed by atoms with Gasteiger partial charge in [-0.25, -0.2) is 0 Å². The number of nitrogens with zero attached hydrogens (tertiary/aromatic N) is 1. The first-order valence-corrected chi connectivity index (χ1v) is 8.92. The van der Waals surface area contributed by atoms with Gasteiger partial charge in [0.15, 0.2) is 0 Å². The second-order valence-corrected chi connectivity index (χ2v) is 7.04. The van der Waals surface area contributed by atoms with E-state index < -0.39 is 0 Å². The summed E-state index contributed by atoms with van der Waals surface area (Å²) >= 11 is 12.0. The molecule has 1 saturated carbocycles. The summed E-state index contributed by atoms with van der Waals surface area (Å²) < 4.78 is 5.19. The maximum absolute atomic E-state index is 12.1. The van der Waals surface area contributed by atoms with Crippen molar-refractivity contribution in [3.63, 3.8) is 0 Å². The van der Waals surface area contributed by atoms with Gasteiger partial charge >= 0.3 is 0 Å². The van der Waals surface area contributed by atoms with Crippen LogP contribution in [0.4, 0.5) is 0 Å². The number of ketones is 1. The molecule has 0 spiro atoms. The number of aliphatic imine (C=N–C) groups is 1. The minimum Gasteiger partial charge on any atom is -0.497 e. The number of methoxy groups -OCH3 is 1. The zero-order valence-corrected chi connectivity index (χ0v) is 15.5. The zero-order chi connectivity index (χ0) is 17.8. The molecule has 0 aliphatic heterocycles. The van der Waals surface area contributed by atoms with Crippen LogP contribution in [0.5, 0.6) is 5.75 Å². The molecule has 0 saturated heterocycles. The van der Waals surface area contributed by atoms with Crippen LogP contribution in [0.1, 0.15) is 36.3 Å². The number of ether oxygens (including phenoxy) is 1. The number of hydrogen-bond acceptors (Lipinski definition) is 3. The number of carbonyl (C=O) groups is 1. The van der Waals surface area contributed by atoms with Gasteiger partial charge in [-0.15, -0.1) is 0 Å². The van der Waals surface area contributed by atoms with Crippen LogP contribution in [-0.4, -0.2) is 18.6 Å². The predicted octanol–water partition coefficient (Wildman–Crippen LogP) is 5.48. The van der Waals surface area contributed by atoms with Crippen LogP contribution >= 0.6 is 23.2 Å². The highest BCUT2D eigenvalue weighted by Crippen LogP contribution is 2.31. The largest absolute Gasteiger partial charge is 0.497 e. The maximum atomic E-state index is 12.1. The minimum absolute atomic E-state index is 0.180. The van der Waals surface area contributed by atoms with E-state index in [0.29, 0.717) is 29.4 Å². The second-order valence-electron chi connectivity index (χ2n) is 6.22. The summed E-state index contributed by atoms with van der Waals surface area (Å²) in [6.07, 6.45) is 1.81. The Morgan fingerprint density at radius 3 is 2.52 bits per heavy atom. The molecule has 25 heavy (non-hydrogen) atoms. The van der Waals surface area contributed by atoms with Gasteiger partial charge in [0.1, 0.15) is 11.5 Å². The Bertz CT molecular complexity index is 800. The molecule has 0 radical (unpaired) electrons. The molecule has 2 aromatic rings. The molecule has 0 N–H and O–H groups in total. The summed E-state index contributed by atoms with van der Waals surface area (Å²) in [7, 11) is 1.65. The zero-order valence-electron chi connectivity index (χ0n) is 14.0. The van der Waals surface area contributed by atoms with Gasteiger partial charge < -0.3 is 4.74 Å². The summed E-state index contributed by atoms with van der Waals surface area (Å²) in [6.45, 7) is 0.509. The molecule has 0 bridgehead atoms. The molecule has 0 amide bonds. The van der Waals surface area contributed by atoms with Crippen molar-refractivity contribution in [3.8, 4) is 5.75 Å². The first-order valence-electron chi connectivity index (χ1n) is 8.17. The van der Waals surface area contributed by atoms with Crippen molar-refractivity contribution in [2.24, 2.45) is 4.99 Å². The third-order valence-corrected chi connectivity index (χ3v) is 5.15. The Morgan fingerprint density at radius 1 is 1.08 bits per heavy atom. The summed E-state index contributed by atoms with van der Waals surface area (Å²) in [5.74, 6) is 1.24. The van der Waals surface area contributed by atoms with Crippen LogP contribution in [-0.2, 0) is 11.3 Å². The highest BCUT2D eigenvalue weighted by atomic mass is 35.5. The van der Waals surface area contributed by atoms with Gasteiger partial charge in [-0.1, -0.05) is 41.4 Å². The van der Waals surface area contributed by atoms with E-state index in [1.54, 1.807) is 13.2 Å². The number of hydrogen-bond donors (Lipinski definition) is 0. The molecule has 3 rings (SSSR count). The normalized spacial score (nSPS) is 19.2. The van der Waals surface area contributed by atoms with Gasteiger partial charge in [0.25, 0.3) is 0 Å². The SMILES string of the molecule is COc1ccc([C@H]2CC(=O)CC(=NCc3ccc(Cl)c(Cl)c3)C2)cc1. The number of rotatable bonds is 4. The molecule has 3 nitrogen and oxygen atoms in total. The molecule has 5 heteroatoms. The standard InChI is InChI=1S/C20H19Cl2NO2/c1-25-18-5-3-14(4-6-18)15-9-16(11-17(24)10-15)23-12-13-2-7-19(21)20(22)8-13/h2-8,15H,9-12H2,1H3/t15-/m1/s1. The lowest BCUT2D eigenvalue weighted by Crippen LogP contribution is -2.21. The maximum Gasteiger partial charge on any atom is 0.139 e. The van der Waals surface area contributed by atoms with Gasteiger partial charge in [0, 0.05) is 18.6 Å². The quantitative estimate of drug-likeness (QED) is 0.709. The van der Waals surface area contributed by atoms with Crippen molar-refractivity contribution in [1.82, 2.24) is 0 Å². The second kappa shape index (κ2) is 8.03. The van der Waals surface area contributed by atoms with E-state index >= 15 is 0 Å². The Labute approximate surface area is 157 Å². The van der Waals surface area contributed by atoms with E-state index in [2.05, 4.69) is 4.99 Å². The van der Waals surface area contributed by atoms with Crippen molar-refractivity contribution in [2.45, 2.75) is 31.7 Å². The third kappa shape index (κ3) is 4.62. The molecule has 2 aromatic carbocycles. The highest BCUT2D eigenvalue weighted by Gasteiger charge is 2.25. The Hall–Kier alpha value is -1.84. The predicted molar refractivity (Wildman–Crippen MR) is 102 cm³/mol. The smallest absolute Gasteiger partial charge is 0.139 e.